The molecular weight excluding hydrogens is 150 g/mol. The first kappa shape index (κ1) is 9.20. The zero-order valence-electron chi connectivity index (χ0n) is 7.83. The smallest absolute Gasteiger partial charge is 0.0788 e. The molecule has 2 heteroatoms. The van der Waals surface area contributed by atoms with Gasteiger partial charge in [0.1, 0.15) is 0 Å². The molecule has 0 saturated heterocycles. The van der Waals surface area contributed by atoms with Crippen molar-refractivity contribution < 1.29 is 5.11 Å². The molecule has 0 saturated carbocycles. The number of hydrogen-bond acceptors (Lipinski definition) is 2. The zero-order chi connectivity index (χ0) is 9.14. The van der Waals surface area contributed by atoms with Crippen molar-refractivity contribution in [1.29, 1.82) is 0 Å². The Morgan fingerprint density at radius 1 is 1.33 bits per heavy atom. The molecule has 0 aliphatic carbocycles. The standard InChI is InChI=1S/C10H15NO/c1-4-10(12)9-5-7(2)11-8(3)6-9/h5-6,10,12H,4H2,1-3H3. The fourth-order valence-corrected chi connectivity index (χ4v) is 1.29. The van der Waals surface area contributed by atoms with Gasteiger partial charge in [0.2, 0.25) is 0 Å². The zero-order valence-corrected chi connectivity index (χ0v) is 7.83. The molecule has 1 N–H and O–H groups in total. The summed E-state index contributed by atoms with van der Waals surface area (Å²) in [5, 5.41) is 9.55. The minimum Gasteiger partial charge on any atom is -0.388 e. The van der Waals surface area contributed by atoms with Crippen LogP contribution in [0, 0.1) is 13.8 Å². The molecule has 2 nitrogen and oxygen atoms in total. The second-order valence-corrected chi connectivity index (χ2v) is 3.11. The van der Waals surface area contributed by atoms with E-state index >= 15 is 0 Å². The van der Waals surface area contributed by atoms with Gasteiger partial charge in [-0.15, -0.1) is 0 Å². The number of aliphatic hydroxyl groups excluding tert-OH is 1. The van der Waals surface area contributed by atoms with Crippen molar-refractivity contribution >= 4 is 0 Å². The van der Waals surface area contributed by atoms with E-state index in [-0.39, 0.29) is 6.10 Å². The van der Waals surface area contributed by atoms with Gasteiger partial charge < -0.3 is 5.11 Å². The Balaban J connectivity index is 3.00. The SMILES string of the molecule is CCC(O)c1cc(C)nc(C)c1. The Morgan fingerprint density at radius 3 is 2.25 bits per heavy atom. The van der Waals surface area contributed by atoms with Crippen LogP contribution >= 0.6 is 0 Å². The van der Waals surface area contributed by atoms with Crippen LogP contribution in [-0.4, -0.2) is 10.1 Å². The average molecular weight is 165 g/mol. The molecular formula is C10H15NO. The van der Waals surface area contributed by atoms with Gasteiger partial charge in [-0.1, -0.05) is 6.92 Å². The Kier molecular flexibility index (Phi) is 2.82. The summed E-state index contributed by atoms with van der Waals surface area (Å²) in [5.41, 5.74) is 2.91. The Hall–Kier alpha value is -0.890. The van der Waals surface area contributed by atoms with Crippen molar-refractivity contribution in [2.45, 2.75) is 33.3 Å². The Morgan fingerprint density at radius 2 is 1.83 bits per heavy atom. The van der Waals surface area contributed by atoms with Gasteiger partial charge in [-0.25, -0.2) is 0 Å². The number of rotatable bonds is 2. The Labute approximate surface area is 73.3 Å². The van der Waals surface area contributed by atoms with Crippen LogP contribution < -0.4 is 0 Å². The molecule has 0 aromatic carbocycles. The lowest BCUT2D eigenvalue weighted by Crippen LogP contribution is -1.98. The third-order valence-electron chi connectivity index (χ3n) is 1.88. The predicted octanol–water partition coefficient (Wildman–Crippen LogP) is 2.14. The quantitative estimate of drug-likeness (QED) is 0.728. The minimum absolute atomic E-state index is 0.342. The molecule has 0 spiro atoms. The van der Waals surface area contributed by atoms with Crippen LogP contribution in [0.3, 0.4) is 0 Å². The third-order valence-corrected chi connectivity index (χ3v) is 1.88. The van der Waals surface area contributed by atoms with E-state index in [1.54, 1.807) is 0 Å². The number of aryl methyl sites for hydroxylation is 2. The molecule has 66 valence electrons. The van der Waals surface area contributed by atoms with Gasteiger partial charge in [0.05, 0.1) is 6.10 Å². The maximum absolute atomic E-state index is 9.55. The lowest BCUT2D eigenvalue weighted by Gasteiger charge is -2.09. The van der Waals surface area contributed by atoms with Crippen LogP contribution in [0.5, 0.6) is 0 Å². The van der Waals surface area contributed by atoms with Crippen LogP contribution in [0.4, 0.5) is 0 Å². The molecule has 1 heterocycles. The van der Waals surface area contributed by atoms with Crippen molar-refractivity contribution in [3.63, 3.8) is 0 Å². The molecule has 0 amide bonds. The highest BCUT2D eigenvalue weighted by atomic mass is 16.3. The van der Waals surface area contributed by atoms with Crippen LogP contribution in [0.1, 0.15) is 36.4 Å². The van der Waals surface area contributed by atoms with Crippen molar-refractivity contribution in [3.05, 3.63) is 29.1 Å². The maximum Gasteiger partial charge on any atom is 0.0788 e. The molecule has 1 aromatic rings. The van der Waals surface area contributed by atoms with E-state index in [1.807, 2.05) is 32.9 Å². The highest BCUT2D eigenvalue weighted by molar-refractivity contribution is 5.22. The van der Waals surface area contributed by atoms with E-state index in [0.29, 0.717) is 0 Å². The van der Waals surface area contributed by atoms with Crippen LogP contribution in [-0.2, 0) is 0 Å². The van der Waals surface area contributed by atoms with Gasteiger partial charge in [-0.3, -0.25) is 4.98 Å². The minimum atomic E-state index is -0.342. The summed E-state index contributed by atoms with van der Waals surface area (Å²) in [6, 6.07) is 3.86. The summed E-state index contributed by atoms with van der Waals surface area (Å²) in [5.74, 6) is 0. The van der Waals surface area contributed by atoms with E-state index < -0.39 is 0 Å². The lowest BCUT2D eigenvalue weighted by molar-refractivity contribution is 0.173. The fourth-order valence-electron chi connectivity index (χ4n) is 1.29. The van der Waals surface area contributed by atoms with Crippen molar-refractivity contribution in [2.24, 2.45) is 0 Å². The molecule has 1 aromatic heterocycles. The molecule has 1 atom stereocenters. The molecule has 0 bridgehead atoms. The topological polar surface area (TPSA) is 33.1 Å². The summed E-state index contributed by atoms with van der Waals surface area (Å²) in [6.07, 6.45) is 0.411. The van der Waals surface area contributed by atoms with Gasteiger partial charge in [-0.05, 0) is 38.0 Å². The second kappa shape index (κ2) is 3.68. The number of pyridine rings is 1. The predicted molar refractivity (Wildman–Crippen MR) is 49.0 cm³/mol. The first-order chi connectivity index (χ1) is 5.63. The maximum atomic E-state index is 9.55. The van der Waals surface area contributed by atoms with Crippen LogP contribution in [0.2, 0.25) is 0 Å². The molecule has 0 fully saturated rings. The number of aromatic nitrogens is 1. The highest BCUT2D eigenvalue weighted by Gasteiger charge is 2.05. The van der Waals surface area contributed by atoms with Crippen LogP contribution in [0.15, 0.2) is 12.1 Å². The average Bonchev–Trinajstić information content (AvgIpc) is 2.01. The van der Waals surface area contributed by atoms with Crippen LogP contribution in [0.25, 0.3) is 0 Å². The first-order valence-corrected chi connectivity index (χ1v) is 4.26. The summed E-state index contributed by atoms with van der Waals surface area (Å²) in [4.78, 5) is 4.24. The summed E-state index contributed by atoms with van der Waals surface area (Å²) >= 11 is 0. The van der Waals surface area contributed by atoms with Gasteiger partial charge in [-0.2, -0.15) is 0 Å². The monoisotopic (exact) mass is 165 g/mol. The normalized spacial score (nSPS) is 13.0. The molecule has 1 rings (SSSR count). The molecule has 12 heavy (non-hydrogen) atoms. The van der Waals surface area contributed by atoms with E-state index in [4.69, 9.17) is 0 Å². The molecule has 0 aliphatic rings. The number of hydrogen-bond donors (Lipinski definition) is 1. The van der Waals surface area contributed by atoms with Crippen molar-refractivity contribution in [1.82, 2.24) is 4.98 Å². The first-order valence-electron chi connectivity index (χ1n) is 4.26. The van der Waals surface area contributed by atoms with Crippen molar-refractivity contribution in [3.8, 4) is 0 Å². The van der Waals surface area contributed by atoms with Gasteiger partial charge in [0.15, 0.2) is 0 Å². The van der Waals surface area contributed by atoms with E-state index in [1.165, 1.54) is 0 Å². The molecule has 0 aliphatic heterocycles. The van der Waals surface area contributed by atoms with Gasteiger partial charge in [0, 0.05) is 11.4 Å². The number of nitrogens with zero attached hydrogens (tertiary/aromatic N) is 1. The van der Waals surface area contributed by atoms with E-state index in [9.17, 15) is 5.11 Å². The summed E-state index contributed by atoms with van der Waals surface area (Å²) < 4.78 is 0. The van der Waals surface area contributed by atoms with Crippen molar-refractivity contribution in [2.75, 3.05) is 0 Å². The highest BCUT2D eigenvalue weighted by Crippen LogP contribution is 2.17. The van der Waals surface area contributed by atoms with E-state index in [2.05, 4.69) is 4.98 Å². The Bertz CT molecular complexity index is 250. The largest absolute Gasteiger partial charge is 0.388 e. The van der Waals surface area contributed by atoms with E-state index in [0.717, 1.165) is 23.4 Å². The fraction of sp³-hybridized carbons (Fsp3) is 0.500. The van der Waals surface area contributed by atoms with Gasteiger partial charge in [0.25, 0.3) is 0 Å². The number of aliphatic hydroxyl groups is 1. The third kappa shape index (κ3) is 2.05. The lowest BCUT2D eigenvalue weighted by atomic mass is 10.1. The molecule has 0 radical (unpaired) electrons. The van der Waals surface area contributed by atoms with Gasteiger partial charge >= 0.3 is 0 Å². The summed E-state index contributed by atoms with van der Waals surface area (Å²) in [6.45, 7) is 5.85. The second-order valence-electron chi connectivity index (χ2n) is 3.11. The molecule has 1 unspecified atom stereocenters. The summed E-state index contributed by atoms with van der Waals surface area (Å²) in [7, 11) is 0.